The summed E-state index contributed by atoms with van der Waals surface area (Å²) < 4.78 is 28.4. The molecule has 1 fully saturated rings. The maximum atomic E-state index is 13.3. The highest BCUT2D eigenvalue weighted by Gasteiger charge is 2.35. The van der Waals surface area contributed by atoms with E-state index in [-0.39, 0.29) is 31.8 Å². The highest BCUT2D eigenvalue weighted by atomic mass is 19.3. The SMILES string of the molecule is N#Cc1ccc(-c2cnc3cc(C(=O)N4CCC(F)(F)CC4)ccn23)cn1. The van der Waals surface area contributed by atoms with Crippen molar-refractivity contribution in [3.8, 4) is 17.3 Å². The second-order valence-electron chi connectivity index (χ2n) is 6.48. The summed E-state index contributed by atoms with van der Waals surface area (Å²) in [6.45, 7) is 0.0984. The molecule has 0 spiro atoms. The number of piperidine rings is 1. The summed E-state index contributed by atoms with van der Waals surface area (Å²) in [5, 5.41) is 8.84. The molecule has 0 atom stereocenters. The van der Waals surface area contributed by atoms with Crippen molar-refractivity contribution in [1.82, 2.24) is 19.3 Å². The summed E-state index contributed by atoms with van der Waals surface area (Å²) in [6.07, 6.45) is 4.37. The number of amides is 1. The molecule has 1 aliphatic rings. The number of nitriles is 1. The van der Waals surface area contributed by atoms with E-state index in [2.05, 4.69) is 9.97 Å². The minimum absolute atomic E-state index is 0.0492. The lowest BCUT2D eigenvalue weighted by Crippen LogP contribution is -2.42. The van der Waals surface area contributed by atoms with Crippen molar-refractivity contribution in [3.05, 3.63) is 54.1 Å². The van der Waals surface area contributed by atoms with E-state index in [4.69, 9.17) is 5.26 Å². The van der Waals surface area contributed by atoms with Gasteiger partial charge in [-0.3, -0.25) is 9.20 Å². The van der Waals surface area contributed by atoms with Crippen molar-refractivity contribution >= 4 is 11.6 Å². The van der Waals surface area contributed by atoms with Gasteiger partial charge in [0.25, 0.3) is 11.8 Å². The van der Waals surface area contributed by atoms with E-state index in [0.717, 1.165) is 11.3 Å². The number of halogens is 2. The van der Waals surface area contributed by atoms with E-state index in [1.54, 1.807) is 42.9 Å². The van der Waals surface area contributed by atoms with Gasteiger partial charge in [0.05, 0.1) is 11.9 Å². The van der Waals surface area contributed by atoms with Gasteiger partial charge in [-0.1, -0.05) is 0 Å². The average molecular weight is 367 g/mol. The van der Waals surface area contributed by atoms with Crippen LogP contribution in [0, 0.1) is 11.3 Å². The Labute approximate surface area is 153 Å². The van der Waals surface area contributed by atoms with Crippen molar-refractivity contribution in [2.75, 3.05) is 13.1 Å². The van der Waals surface area contributed by atoms with Gasteiger partial charge >= 0.3 is 0 Å². The molecule has 0 N–H and O–H groups in total. The summed E-state index contributed by atoms with van der Waals surface area (Å²) in [5.74, 6) is -2.95. The molecule has 0 saturated carbocycles. The number of likely N-dealkylation sites (tertiary alicyclic amines) is 1. The number of hydrogen-bond acceptors (Lipinski definition) is 4. The number of carbonyl (C=O) groups is 1. The predicted molar refractivity (Wildman–Crippen MR) is 93.2 cm³/mol. The summed E-state index contributed by atoms with van der Waals surface area (Å²) >= 11 is 0. The third-order valence-electron chi connectivity index (χ3n) is 4.72. The predicted octanol–water partition coefficient (Wildman–Crippen LogP) is 3.14. The summed E-state index contributed by atoms with van der Waals surface area (Å²) in [4.78, 5) is 22.4. The fourth-order valence-electron chi connectivity index (χ4n) is 3.16. The van der Waals surface area contributed by atoms with Crippen molar-refractivity contribution in [2.24, 2.45) is 0 Å². The maximum absolute atomic E-state index is 13.3. The molecule has 0 aliphatic carbocycles. The molecule has 3 aromatic rings. The average Bonchev–Trinajstić information content (AvgIpc) is 3.10. The largest absolute Gasteiger partial charge is 0.338 e. The monoisotopic (exact) mass is 367 g/mol. The van der Waals surface area contributed by atoms with Gasteiger partial charge in [-0.15, -0.1) is 0 Å². The Morgan fingerprint density at radius 3 is 2.59 bits per heavy atom. The summed E-state index contributed by atoms with van der Waals surface area (Å²) in [5.41, 5.74) is 2.88. The molecule has 4 rings (SSSR count). The van der Waals surface area contributed by atoms with Crippen LogP contribution in [0.1, 0.15) is 28.9 Å². The van der Waals surface area contributed by atoms with Gasteiger partial charge in [-0.25, -0.2) is 18.7 Å². The van der Waals surface area contributed by atoms with Crippen LogP contribution < -0.4 is 0 Å². The van der Waals surface area contributed by atoms with Crippen LogP contribution in [0.2, 0.25) is 0 Å². The second-order valence-corrected chi connectivity index (χ2v) is 6.48. The maximum Gasteiger partial charge on any atom is 0.254 e. The molecule has 0 aromatic carbocycles. The Morgan fingerprint density at radius 1 is 1.15 bits per heavy atom. The minimum Gasteiger partial charge on any atom is -0.338 e. The second kappa shape index (κ2) is 6.43. The number of hydrogen-bond donors (Lipinski definition) is 0. The van der Waals surface area contributed by atoms with Crippen LogP contribution in [-0.4, -0.2) is 44.2 Å². The van der Waals surface area contributed by atoms with E-state index in [0.29, 0.717) is 16.9 Å². The van der Waals surface area contributed by atoms with Crippen LogP contribution in [0.25, 0.3) is 16.9 Å². The van der Waals surface area contributed by atoms with E-state index in [1.165, 1.54) is 4.90 Å². The molecule has 8 heteroatoms. The Morgan fingerprint density at radius 2 is 1.93 bits per heavy atom. The van der Waals surface area contributed by atoms with Crippen LogP contribution in [0.15, 0.2) is 42.9 Å². The lowest BCUT2D eigenvalue weighted by atomic mass is 10.1. The van der Waals surface area contributed by atoms with E-state index >= 15 is 0 Å². The van der Waals surface area contributed by atoms with Crippen molar-refractivity contribution < 1.29 is 13.6 Å². The van der Waals surface area contributed by atoms with Crippen molar-refractivity contribution in [3.63, 3.8) is 0 Å². The Hall–Kier alpha value is -3.34. The standard InChI is InChI=1S/C19H15F2N5O/c20-19(21)4-7-25(8-5-19)18(27)13-3-6-26-16(12-24-17(26)9-13)14-1-2-15(10-22)23-11-14/h1-3,6,9,11-12H,4-5,7-8H2. The first-order chi connectivity index (χ1) is 13.0. The quantitative estimate of drug-likeness (QED) is 0.697. The van der Waals surface area contributed by atoms with Gasteiger partial charge in [0.1, 0.15) is 17.4 Å². The number of fused-ring (bicyclic) bond motifs is 1. The number of rotatable bonds is 2. The Balaban J connectivity index is 1.60. The highest BCUT2D eigenvalue weighted by molar-refractivity contribution is 5.95. The smallest absolute Gasteiger partial charge is 0.254 e. The third kappa shape index (κ3) is 3.24. The lowest BCUT2D eigenvalue weighted by molar-refractivity contribution is -0.0494. The molecule has 1 saturated heterocycles. The first kappa shape index (κ1) is 17.1. The lowest BCUT2D eigenvalue weighted by Gasteiger charge is -2.31. The molecule has 0 unspecified atom stereocenters. The van der Waals surface area contributed by atoms with Gasteiger partial charge in [0.15, 0.2) is 0 Å². The van der Waals surface area contributed by atoms with Gasteiger partial charge in [-0.05, 0) is 24.3 Å². The zero-order valence-electron chi connectivity index (χ0n) is 14.3. The van der Waals surface area contributed by atoms with Crippen LogP contribution >= 0.6 is 0 Å². The van der Waals surface area contributed by atoms with Crippen LogP contribution in [0.3, 0.4) is 0 Å². The minimum atomic E-state index is -2.69. The van der Waals surface area contributed by atoms with Gasteiger partial charge in [-0.2, -0.15) is 5.26 Å². The molecular formula is C19H15F2N5O. The van der Waals surface area contributed by atoms with Gasteiger partial charge < -0.3 is 4.90 Å². The molecule has 3 aromatic heterocycles. The number of pyridine rings is 2. The summed E-state index contributed by atoms with van der Waals surface area (Å²) in [7, 11) is 0. The number of alkyl halides is 2. The first-order valence-corrected chi connectivity index (χ1v) is 8.48. The molecule has 1 aliphatic heterocycles. The molecule has 4 heterocycles. The molecule has 1 amide bonds. The van der Waals surface area contributed by atoms with Gasteiger partial charge in [0, 0.05) is 49.5 Å². The molecule has 0 bridgehead atoms. The van der Waals surface area contributed by atoms with E-state index in [1.807, 2.05) is 10.5 Å². The van der Waals surface area contributed by atoms with Gasteiger partial charge in [0.2, 0.25) is 0 Å². The molecule has 6 nitrogen and oxygen atoms in total. The van der Waals surface area contributed by atoms with E-state index in [9.17, 15) is 13.6 Å². The summed E-state index contributed by atoms with van der Waals surface area (Å²) in [6, 6.07) is 8.68. The Kier molecular flexibility index (Phi) is 4.07. The third-order valence-corrected chi connectivity index (χ3v) is 4.72. The zero-order chi connectivity index (χ0) is 19.0. The molecular weight excluding hydrogens is 352 g/mol. The van der Waals surface area contributed by atoms with E-state index < -0.39 is 5.92 Å². The molecule has 27 heavy (non-hydrogen) atoms. The Bertz CT molecular complexity index is 1040. The fraction of sp³-hybridized carbons (Fsp3) is 0.263. The first-order valence-electron chi connectivity index (χ1n) is 8.48. The van der Waals surface area contributed by atoms with Crippen LogP contribution in [-0.2, 0) is 0 Å². The number of aromatic nitrogens is 3. The van der Waals surface area contributed by atoms with Crippen molar-refractivity contribution in [1.29, 1.82) is 5.26 Å². The number of carbonyl (C=O) groups excluding carboxylic acids is 1. The normalized spacial score (nSPS) is 16.3. The zero-order valence-corrected chi connectivity index (χ0v) is 14.3. The number of imidazole rings is 1. The highest BCUT2D eigenvalue weighted by Crippen LogP contribution is 2.28. The van der Waals surface area contributed by atoms with Crippen molar-refractivity contribution in [2.45, 2.75) is 18.8 Å². The topological polar surface area (TPSA) is 74.3 Å². The van der Waals surface area contributed by atoms with Crippen LogP contribution in [0.4, 0.5) is 8.78 Å². The van der Waals surface area contributed by atoms with Crippen LogP contribution in [0.5, 0.6) is 0 Å². The fourth-order valence-corrected chi connectivity index (χ4v) is 3.16. The molecule has 0 radical (unpaired) electrons. The molecule has 136 valence electrons. The number of nitrogens with zero attached hydrogens (tertiary/aromatic N) is 5.